The number of halogens is 2. The van der Waals surface area contributed by atoms with Gasteiger partial charge in [-0.25, -0.2) is 0 Å². The van der Waals surface area contributed by atoms with Crippen LogP contribution in [0.2, 0.25) is 0 Å². The molecule has 0 rings (SSSR count). The molecule has 2 nitrogen and oxygen atoms in total. The van der Waals surface area contributed by atoms with Gasteiger partial charge in [0.1, 0.15) is 0 Å². The van der Waals surface area contributed by atoms with Gasteiger partial charge in [0.15, 0.2) is 0 Å². The lowest BCUT2D eigenvalue weighted by atomic mass is 10.1. The minimum atomic E-state index is 0. The average Bonchev–Trinajstić information content (AvgIpc) is 2.63. The van der Waals surface area contributed by atoms with Crippen LogP contribution in [0.5, 0.6) is 0 Å². The van der Waals surface area contributed by atoms with Gasteiger partial charge in [0.05, 0.1) is 0 Å². The number of hydrogen-bond acceptors (Lipinski definition) is 2. The van der Waals surface area contributed by atoms with Crippen molar-refractivity contribution in [1.29, 1.82) is 0 Å². The van der Waals surface area contributed by atoms with Crippen molar-refractivity contribution in [1.82, 2.24) is 11.5 Å². The van der Waals surface area contributed by atoms with Gasteiger partial charge >= 0.3 is 0 Å². The highest BCUT2D eigenvalue weighted by atomic mass is 35.5. The highest BCUT2D eigenvalue weighted by Gasteiger charge is 1.94. The Balaban J connectivity index is -0.000000960. The average molecular weight is 444 g/mol. The molecule has 4 N–H and O–H groups in total. The second kappa shape index (κ2) is 35.0. The number of hydrogen-bond donors (Lipinski definition) is 2. The van der Waals surface area contributed by atoms with Crippen molar-refractivity contribution >= 4 is 24.8 Å². The summed E-state index contributed by atoms with van der Waals surface area (Å²) in [6.07, 6.45) is 28.8. The van der Waals surface area contributed by atoms with Crippen LogP contribution in [0.3, 0.4) is 0 Å². The second-order valence-corrected chi connectivity index (χ2v) is 8.11. The van der Waals surface area contributed by atoms with E-state index in [9.17, 15) is 0 Å². The lowest BCUT2D eigenvalue weighted by molar-refractivity contribution is 0.525. The normalized spacial score (nSPS) is 10.1. The third kappa shape index (κ3) is 34.0. The zero-order valence-corrected chi connectivity index (χ0v) is 21.2. The number of rotatable bonds is 22. The molecule has 0 saturated carbocycles. The summed E-state index contributed by atoms with van der Waals surface area (Å²) in [5.41, 5.74) is 0. The Hall–Kier alpha value is 0.500. The van der Waals surface area contributed by atoms with Gasteiger partial charge in [-0.1, -0.05) is 129 Å². The fourth-order valence-corrected chi connectivity index (χ4v) is 3.60. The predicted octanol–water partition coefficient (Wildman–Crippen LogP) is 9.42. The summed E-state index contributed by atoms with van der Waals surface area (Å²) in [4.78, 5) is 0. The highest BCUT2D eigenvalue weighted by Crippen LogP contribution is 2.11. The predicted molar refractivity (Wildman–Crippen MR) is 136 cm³/mol. The smallest absolute Gasteiger partial charge is 0.00489 e. The fraction of sp³-hybridized carbons (Fsp3) is 1.00. The molecule has 0 aromatic heterocycles. The monoisotopic (exact) mass is 442 g/mol. The highest BCUT2D eigenvalue weighted by molar-refractivity contribution is 5.85. The lowest BCUT2D eigenvalue weighted by Crippen LogP contribution is -2.16. The van der Waals surface area contributed by atoms with E-state index in [2.05, 4.69) is 19.2 Å². The molecule has 4 heteroatoms. The van der Waals surface area contributed by atoms with E-state index < -0.39 is 0 Å². The van der Waals surface area contributed by atoms with Gasteiger partial charge in [0.25, 0.3) is 0 Å². The van der Waals surface area contributed by atoms with Crippen LogP contribution in [0.25, 0.3) is 0 Å². The van der Waals surface area contributed by atoms with Crippen molar-refractivity contribution in [2.24, 2.45) is 0 Å². The van der Waals surface area contributed by atoms with Gasteiger partial charge in [0, 0.05) is 0 Å². The maximum atomic E-state index is 3.64. The number of nitrogens with one attached hydrogen (secondary N) is 1. The van der Waals surface area contributed by atoms with Crippen molar-refractivity contribution in [3.8, 4) is 0 Å². The van der Waals surface area contributed by atoms with Crippen LogP contribution < -0.4 is 11.5 Å². The van der Waals surface area contributed by atoms with E-state index in [4.69, 9.17) is 0 Å². The summed E-state index contributed by atoms with van der Waals surface area (Å²) < 4.78 is 0. The molecule has 0 aliphatic heterocycles. The van der Waals surface area contributed by atoms with Crippen LogP contribution in [-0.2, 0) is 0 Å². The molecule has 176 valence electrons. The molecule has 0 heterocycles. The van der Waals surface area contributed by atoms with E-state index in [1.807, 2.05) is 0 Å². The SMILES string of the molecule is CCCCCCCCCCCCNCCCCCCCCCCCC.Cl.Cl.N. The molecule has 0 aromatic rings. The fourth-order valence-electron chi connectivity index (χ4n) is 3.60. The van der Waals surface area contributed by atoms with Gasteiger partial charge in [-0.3, -0.25) is 0 Å². The molecule has 28 heavy (non-hydrogen) atoms. The Labute approximate surface area is 191 Å². The zero-order valence-electron chi connectivity index (χ0n) is 19.6. The van der Waals surface area contributed by atoms with E-state index in [0.29, 0.717) is 0 Å². The molecule has 0 fully saturated rings. The standard InChI is InChI=1S/C24H51N.2ClH.H3N/c1-3-5-7-9-11-13-15-17-19-21-23-25-24-22-20-18-16-14-12-10-8-6-4-2;;;/h25H,3-24H2,1-2H3;2*1H;1H3. The summed E-state index contributed by atoms with van der Waals surface area (Å²) in [5, 5.41) is 3.64. The second-order valence-electron chi connectivity index (χ2n) is 8.11. The largest absolute Gasteiger partial charge is 0.344 e. The molecule has 0 saturated heterocycles. The van der Waals surface area contributed by atoms with Gasteiger partial charge < -0.3 is 11.5 Å². The van der Waals surface area contributed by atoms with E-state index in [1.54, 1.807) is 0 Å². The lowest BCUT2D eigenvalue weighted by Gasteiger charge is -2.05. The maximum absolute atomic E-state index is 3.64. The van der Waals surface area contributed by atoms with Crippen LogP contribution >= 0.6 is 24.8 Å². The molecule has 0 amide bonds. The molecule has 0 unspecified atom stereocenters. The van der Waals surface area contributed by atoms with E-state index in [1.165, 1.54) is 142 Å². The molecule has 0 spiro atoms. The van der Waals surface area contributed by atoms with Crippen molar-refractivity contribution in [3.05, 3.63) is 0 Å². The summed E-state index contributed by atoms with van der Waals surface area (Å²) in [5.74, 6) is 0. The minimum absolute atomic E-state index is 0. The van der Waals surface area contributed by atoms with Crippen LogP contribution in [-0.4, -0.2) is 13.1 Å². The molecule has 0 radical (unpaired) electrons. The summed E-state index contributed by atoms with van der Waals surface area (Å²) in [6, 6.07) is 0. The third-order valence-corrected chi connectivity index (χ3v) is 5.41. The van der Waals surface area contributed by atoms with Crippen molar-refractivity contribution in [3.63, 3.8) is 0 Å². The van der Waals surface area contributed by atoms with Crippen LogP contribution in [0.15, 0.2) is 0 Å². The Morgan fingerprint density at radius 3 is 0.821 bits per heavy atom. The van der Waals surface area contributed by atoms with Gasteiger partial charge in [-0.05, 0) is 25.9 Å². The molecular weight excluding hydrogens is 387 g/mol. The van der Waals surface area contributed by atoms with E-state index >= 15 is 0 Å². The van der Waals surface area contributed by atoms with Gasteiger partial charge in [-0.15, -0.1) is 24.8 Å². The van der Waals surface area contributed by atoms with Crippen molar-refractivity contribution < 1.29 is 0 Å². The van der Waals surface area contributed by atoms with Crippen LogP contribution in [0.1, 0.15) is 142 Å². The first-order chi connectivity index (χ1) is 12.4. The van der Waals surface area contributed by atoms with Crippen molar-refractivity contribution in [2.75, 3.05) is 13.1 Å². The first kappa shape index (κ1) is 35.9. The Morgan fingerprint density at radius 2 is 0.571 bits per heavy atom. The first-order valence-corrected chi connectivity index (χ1v) is 12.1. The topological polar surface area (TPSA) is 47.0 Å². The number of unbranched alkanes of at least 4 members (excludes halogenated alkanes) is 18. The molecular formula is C24H56Cl2N2. The van der Waals surface area contributed by atoms with E-state index in [-0.39, 0.29) is 31.0 Å². The zero-order chi connectivity index (χ0) is 18.3. The summed E-state index contributed by atoms with van der Waals surface area (Å²) in [6.45, 7) is 7.08. The Morgan fingerprint density at radius 1 is 0.357 bits per heavy atom. The first-order valence-electron chi connectivity index (χ1n) is 12.1. The molecule has 0 atom stereocenters. The molecule has 0 aromatic carbocycles. The third-order valence-electron chi connectivity index (χ3n) is 5.41. The Kier molecular flexibility index (Phi) is 44.8. The maximum Gasteiger partial charge on any atom is -0.00489 e. The molecule has 0 aliphatic rings. The van der Waals surface area contributed by atoms with Crippen LogP contribution in [0.4, 0.5) is 0 Å². The van der Waals surface area contributed by atoms with Crippen molar-refractivity contribution in [2.45, 2.75) is 142 Å². The van der Waals surface area contributed by atoms with Crippen LogP contribution in [0, 0.1) is 0 Å². The minimum Gasteiger partial charge on any atom is -0.344 e. The quantitative estimate of drug-likeness (QED) is 0.164. The summed E-state index contributed by atoms with van der Waals surface area (Å²) in [7, 11) is 0. The van der Waals surface area contributed by atoms with Gasteiger partial charge in [0.2, 0.25) is 0 Å². The van der Waals surface area contributed by atoms with Gasteiger partial charge in [-0.2, -0.15) is 0 Å². The van der Waals surface area contributed by atoms with E-state index in [0.717, 1.165) is 0 Å². The molecule has 0 bridgehead atoms. The Bertz CT molecular complexity index is 207. The molecule has 0 aliphatic carbocycles. The summed E-state index contributed by atoms with van der Waals surface area (Å²) >= 11 is 0.